The first-order chi connectivity index (χ1) is 6.61. The highest BCUT2D eigenvalue weighted by Crippen LogP contribution is 2.12. The first-order valence-corrected chi connectivity index (χ1v) is 4.89. The second-order valence-corrected chi connectivity index (χ2v) is 3.79. The number of rotatable bonds is 4. The van der Waals surface area contributed by atoms with E-state index in [4.69, 9.17) is 5.73 Å². The lowest BCUT2D eigenvalue weighted by Gasteiger charge is -2.29. The zero-order valence-electron chi connectivity index (χ0n) is 9.01. The molecule has 0 aromatic carbocycles. The van der Waals surface area contributed by atoms with Crippen LogP contribution in [0, 0.1) is 0 Å². The van der Waals surface area contributed by atoms with Gasteiger partial charge in [0.1, 0.15) is 12.1 Å². The topological polar surface area (TPSA) is 55.0 Å². The molecule has 0 saturated carbocycles. The molecule has 14 heavy (non-hydrogen) atoms. The van der Waals surface area contributed by atoms with Crippen molar-refractivity contribution in [2.75, 3.05) is 11.4 Å². The highest BCUT2D eigenvalue weighted by molar-refractivity contribution is 5.37. The third kappa shape index (κ3) is 2.96. The minimum Gasteiger partial charge on any atom is -0.353 e. The summed E-state index contributed by atoms with van der Waals surface area (Å²) in [6.07, 6.45) is 3.31. The Kier molecular flexibility index (Phi) is 3.83. The Morgan fingerprint density at radius 1 is 1.43 bits per heavy atom. The SMILES string of the molecule is CC(N)CN(c1ccncn1)C(C)C. The summed E-state index contributed by atoms with van der Waals surface area (Å²) >= 11 is 0. The molecule has 1 heterocycles. The van der Waals surface area contributed by atoms with Gasteiger partial charge in [0, 0.05) is 24.8 Å². The summed E-state index contributed by atoms with van der Waals surface area (Å²) in [5.41, 5.74) is 5.78. The number of nitrogens with two attached hydrogens (primary N) is 1. The molecule has 0 aliphatic carbocycles. The van der Waals surface area contributed by atoms with Gasteiger partial charge in [-0.25, -0.2) is 9.97 Å². The summed E-state index contributed by atoms with van der Waals surface area (Å²) < 4.78 is 0. The van der Waals surface area contributed by atoms with Crippen LogP contribution in [-0.4, -0.2) is 28.6 Å². The molecule has 78 valence electrons. The number of hydrogen-bond acceptors (Lipinski definition) is 4. The summed E-state index contributed by atoms with van der Waals surface area (Å²) in [4.78, 5) is 10.3. The molecule has 0 saturated heterocycles. The van der Waals surface area contributed by atoms with Crippen LogP contribution in [0.15, 0.2) is 18.6 Å². The molecule has 0 bridgehead atoms. The Balaban J connectivity index is 2.78. The van der Waals surface area contributed by atoms with Crippen LogP contribution in [0.5, 0.6) is 0 Å². The summed E-state index contributed by atoms with van der Waals surface area (Å²) in [6.45, 7) is 7.07. The Morgan fingerprint density at radius 3 is 2.57 bits per heavy atom. The molecule has 0 aliphatic heterocycles. The van der Waals surface area contributed by atoms with E-state index in [-0.39, 0.29) is 6.04 Å². The Morgan fingerprint density at radius 2 is 2.14 bits per heavy atom. The van der Waals surface area contributed by atoms with Crippen molar-refractivity contribution < 1.29 is 0 Å². The maximum Gasteiger partial charge on any atom is 0.132 e. The molecule has 4 nitrogen and oxygen atoms in total. The zero-order chi connectivity index (χ0) is 10.6. The van der Waals surface area contributed by atoms with E-state index in [2.05, 4.69) is 28.7 Å². The third-order valence-electron chi connectivity index (χ3n) is 1.97. The third-order valence-corrected chi connectivity index (χ3v) is 1.97. The second-order valence-electron chi connectivity index (χ2n) is 3.79. The minimum absolute atomic E-state index is 0.146. The van der Waals surface area contributed by atoms with E-state index in [0.29, 0.717) is 6.04 Å². The van der Waals surface area contributed by atoms with Crippen LogP contribution in [0.25, 0.3) is 0 Å². The fourth-order valence-corrected chi connectivity index (χ4v) is 1.33. The number of aromatic nitrogens is 2. The maximum atomic E-state index is 5.78. The predicted octanol–water partition coefficient (Wildman–Crippen LogP) is 1.04. The molecule has 0 aliphatic rings. The van der Waals surface area contributed by atoms with Gasteiger partial charge in [-0.15, -0.1) is 0 Å². The monoisotopic (exact) mass is 194 g/mol. The van der Waals surface area contributed by atoms with E-state index >= 15 is 0 Å². The highest BCUT2D eigenvalue weighted by Gasteiger charge is 2.12. The van der Waals surface area contributed by atoms with Gasteiger partial charge in [0.2, 0.25) is 0 Å². The van der Waals surface area contributed by atoms with E-state index in [9.17, 15) is 0 Å². The molecule has 2 N–H and O–H groups in total. The van der Waals surface area contributed by atoms with Gasteiger partial charge >= 0.3 is 0 Å². The summed E-state index contributed by atoms with van der Waals surface area (Å²) in [5, 5.41) is 0. The van der Waals surface area contributed by atoms with Crippen molar-refractivity contribution in [1.82, 2.24) is 9.97 Å². The van der Waals surface area contributed by atoms with Gasteiger partial charge in [-0.2, -0.15) is 0 Å². The van der Waals surface area contributed by atoms with E-state index < -0.39 is 0 Å². The number of anilines is 1. The quantitative estimate of drug-likeness (QED) is 0.778. The van der Waals surface area contributed by atoms with E-state index in [1.807, 2.05) is 13.0 Å². The van der Waals surface area contributed by atoms with Gasteiger partial charge in [0.25, 0.3) is 0 Å². The lowest BCUT2D eigenvalue weighted by Crippen LogP contribution is -2.40. The van der Waals surface area contributed by atoms with Crippen LogP contribution in [0.3, 0.4) is 0 Å². The standard InChI is InChI=1S/C10H18N4/c1-8(2)14(6-9(3)11)10-4-5-12-7-13-10/h4-5,7-9H,6,11H2,1-3H3. The van der Waals surface area contributed by atoms with Crippen LogP contribution >= 0.6 is 0 Å². The molecule has 0 radical (unpaired) electrons. The van der Waals surface area contributed by atoms with Crippen LogP contribution in [0.4, 0.5) is 5.82 Å². The fourth-order valence-electron chi connectivity index (χ4n) is 1.33. The molecule has 0 fully saturated rings. The van der Waals surface area contributed by atoms with Gasteiger partial charge in [-0.05, 0) is 26.8 Å². The van der Waals surface area contributed by atoms with Gasteiger partial charge in [0.15, 0.2) is 0 Å². The predicted molar refractivity (Wildman–Crippen MR) is 58.2 cm³/mol. The van der Waals surface area contributed by atoms with Crippen molar-refractivity contribution in [2.45, 2.75) is 32.9 Å². The van der Waals surface area contributed by atoms with Crippen molar-refractivity contribution in [2.24, 2.45) is 5.73 Å². The van der Waals surface area contributed by atoms with Crippen molar-refractivity contribution >= 4 is 5.82 Å². The van der Waals surface area contributed by atoms with Crippen molar-refractivity contribution in [3.63, 3.8) is 0 Å². The molecule has 1 aromatic heterocycles. The van der Waals surface area contributed by atoms with Gasteiger partial charge < -0.3 is 10.6 Å². The van der Waals surface area contributed by atoms with Crippen molar-refractivity contribution in [3.05, 3.63) is 18.6 Å². The zero-order valence-corrected chi connectivity index (χ0v) is 9.01. The largest absolute Gasteiger partial charge is 0.353 e. The molecule has 4 heteroatoms. The normalized spacial score (nSPS) is 12.9. The second kappa shape index (κ2) is 4.91. The molecule has 1 atom stereocenters. The molecular weight excluding hydrogens is 176 g/mol. The average molecular weight is 194 g/mol. The van der Waals surface area contributed by atoms with Crippen LogP contribution < -0.4 is 10.6 Å². The summed E-state index contributed by atoms with van der Waals surface area (Å²) in [6, 6.07) is 2.45. The first kappa shape index (κ1) is 10.9. The molecular formula is C10H18N4. The molecule has 0 amide bonds. The maximum absolute atomic E-state index is 5.78. The fraction of sp³-hybridized carbons (Fsp3) is 0.600. The van der Waals surface area contributed by atoms with Gasteiger partial charge in [0.05, 0.1) is 0 Å². The highest BCUT2D eigenvalue weighted by atomic mass is 15.2. The summed E-state index contributed by atoms with van der Waals surface area (Å²) in [5.74, 6) is 0.937. The number of nitrogens with zero attached hydrogens (tertiary/aromatic N) is 3. The van der Waals surface area contributed by atoms with Crippen LogP contribution in [0.1, 0.15) is 20.8 Å². The van der Waals surface area contributed by atoms with Crippen molar-refractivity contribution in [3.8, 4) is 0 Å². The average Bonchev–Trinajstić information content (AvgIpc) is 2.15. The van der Waals surface area contributed by atoms with Gasteiger partial charge in [-0.3, -0.25) is 0 Å². The first-order valence-electron chi connectivity index (χ1n) is 4.89. The Hall–Kier alpha value is -1.16. The molecule has 1 unspecified atom stereocenters. The van der Waals surface area contributed by atoms with E-state index in [1.165, 1.54) is 0 Å². The smallest absolute Gasteiger partial charge is 0.132 e. The number of hydrogen-bond donors (Lipinski definition) is 1. The molecule has 1 aromatic rings. The van der Waals surface area contributed by atoms with E-state index in [1.54, 1.807) is 12.5 Å². The molecule has 1 rings (SSSR count). The lowest BCUT2D eigenvalue weighted by atomic mass is 10.2. The van der Waals surface area contributed by atoms with Gasteiger partial charge in [-0.1, -0.05) is 0 Å². The lowest BCUT2D eigenvalue weighted by molar-refractivity contribution is 0.613. The van der Waals surface area contributed by atoms with Crippen LogP contribution in [-0.2, 0) is 0 Å². The van der Waals surface area contributed by atoms with Crippen molar-refractivity contribution in [1.29, 1.82) is 0 Å². The Bertz CT molecular complexity index is 258. The summed E-state index contributed by atoms with van der Waals surface area (Å²) in [7, 11) is 0. The minimum atomic E-state index is 0.146. The van der Waals surface area contributed by atoms with E-state index in [0.717, 1.165) is 12.4 Å². The molecule has 0 spiro atoms. The Labute approximate surface area is 85.2 Å². The van der Waals surface area contributed by atoms with Crippen LogP contribution in [0.2, 0.25) is 0 Å².